The molecule has 23 heteroatoms. The quantitative estimate of drug-likeness (QED) is 0.0611. The van der Waals surface area contributed by atoms with E-state index in [1.165, 1.54) is 6.92 Å². The van der Waals surface area contributed by atoms with E-state index in [2.05, 4.69) is 26.8 Å². The van der Waals surface area contributed by atoms with Crippen LogP contribution in [0, 0.1) is 45.3 Å². The summed E-state index contributed by atoms with van der Waals surface area (Å²) in [6.45, 7) is 15.9. The maximum atomic E-state index is 12.9. The molecular weight excluding hydrogens is 1020 g/mol. The minimum absolute atomic E-state index is 0.152. The summed E-state index contributed by atoms with van der Waals surface area (Å²) < 4.78 is 49.8. The molecule has 0 aromatic heterocycles. The molecule has 8 aliphatic rings. The molecule has 8 rings (SSSR count). The zero-order valence-corrected chi connectivity index (χ0v) is 45.9. The third-order valence-corrected chi connectivity index (χ3v) is 20.8. The lowest BCUT2D eigenvalue weighted by atomic mass is 9.34. The number of hydrogen-bond acceptors (Lipinski definition) is 23. The Hall–Kier alpha value is -1.18. The molecular formula is C54H92O23. The van der Waals surface area contributed by atoms with Crippen molar-refractivity contribution in [3.63, 3.8) is 0 Å². The minimum Gasteiger partial charge on any atom is -0.394 e. The normalized spacial score (nSPS) is 53.6. The molecule has 31 atom stereocenters. The largest absolute Gasteiger partial charge is 0.394 e. The molecule has 0 bridgehead atoms. The molecule has 77 heavy (non-hydrogen) atoms. The van der Waals surface area contributed by atoms with Gasteiger partial charge in [0.25, 0.3) is 0 Å². The molecule has 23 nitrogen and oxygen atoms in total. The third kappa shape index (κ3) is 10.8. The average molecular weight is 1110 g/mol. The van der Waals surface area contributed by atoms with E-state index >= 15 is 0 Å². The molecule has 4 heterocycles. The first-order valence-corrected chi connectivity index (χ1v) is 27.8. The van der Waals surface area contributed by atoms with Crippen LogP contribution in [0.5, 0.6) is 0 Å². The lowest BCUT2D eigenvalue weighted by Crippen LogP contribution is -2.71. The zero-order valence-electron chi connectivity index (χ0n) is 45.9. The van der Waals surface area contributed by atoms with Crippen molar-refractivity contribution in [2.24, 2.45) is 45.3 Å². The van der Waals surface area contributed by atoms with Crippen LogP contribution in [-0.2, 0) is 37.9 Å². The Morgan fingerprint density at radius 1 is 0.610 bits per heavy atom. The van der Waals surface area contributed by atoms with Crippen LogP contribution in [0.2, 0.25) is 0 Å². The zero-order chi connectivity index (χ0) is 56.8. The van der Waals surface area contributed by atoms with Gasteiger partial charge >= 0.3 is 0 Å². The molecule has 446 valence electrons. The van der Waals surface area contributed by atoms with Crippen LogP contribution in [0.1, 0.15) is 114 Å². The molecule has 8 fully saturated rings. The van der Waals surface area contributed by atoms with Crippen molar-refractivity contribution in [3.8, 4) is 0 Å². The van der Waals surface area contributed by atoms with Gasteiger partial charge in [0.2, 0.25) is 0 Å². The first-order valence-electron chi connectivity index (χ1n) is 27.8. The van der Waals surface area contributed by atoms with Crippen LogP contribution < -0.4 is 0 Å². The highest BCUT2D eigenvalue weighted by Crippen LogP contribution is 2.76. The Kier molecular flexibility index (Phi) is 18.6. The molecule has 0 amide bonds. The van der Waals surface area contributed by atoms with Crippen LogP contribution in [0.25, 0.3) is 0 Å². The van der Waals surface area contributed by atoms with Gasteiger partial charge in [-0.05, 0) is 124 Å². The van der Waals surface area contributed by atoms with Gasteiger partial charge in [-0.2, -0.15) is 0 Å². The molecule has 0 aromatic rings. The van der Waals surface area contributed by atoms with Crippen molar-refractivity contribution in [3.05, 3.63) is 11.6 Å². The van der Waals surface area contributed by atoms with Gasteiger partial charge in [0.05, 0.1) is 49.8 Å². The van der Waals surface area contributed by atoms with Crippen LogP contribution >= 0.6 is 0 Å². The molecule has 4 aliphatic heterocycles. The Morgan fingerprint density at radius 2 is 1.17 bits per heavy atom. The standard InChI is InChI=1S/C54H92O23/c1-22(2)11-10-14-54(9,77-48-43(69)39(65)36(62)29(75-48)21-70-46-41(67)38(64)34(60)27(19-55)73-46)24-12-16-52(7)32(24)25(57)17-30-51(6)15-13-31(58)50(4,5)45(51)26(18-53(30,52)8)72-49-44(40(66)35(61)28(20-56)74-49)76-47-42(68)37(63)33(59)23(3)71-47/h11,23-49,55-69H,10,12-21H2,1-9H3. The predicted octanol–water partition coefficient (Wildman–Crippen LogP) is -2.20. The first kappa shape index (κ1) is 61.9. The molecule has 0 aromatic carbocycles. The smallest absolute Gasteiger partial charge is 0.187 e. The fourth-order valence-electron chi connectivity index (χ4n) is 16.3. The lowest BCUT2D eigenvalue weighted by Gasteiger charge is -2.72. The van der Waals surface area contributed by atoms with E-state index < -0.39 is 206 Å². The van der Waals surface area contributed by atoms with E-state index in [1.54, 1.807) is 0 Å². The molecule has 15 N–H and O–H groups in total. The summed E-state index contributed by atoms with van der Waals surface area (Å²) in [5.74, 6) is -1.45. The van der Waals surface area contributed by atoms with Gasteiger partial charge in [-0.1, -0.05) is 46.3 Å². The topological polar surface area (TPSA) is 377 Å². The predicted molar refractivity (Wildman–Crippen MR) is 266 cm³/mol. The summed E-state index contributed by atoms with van der Waals surface area (Å²) in [6, 6.07) is 0. The van der Waals surface area contributed by atoms with Crippen molar-refractivity contribution < 1.29 is 114 Å². The van der Waals surface area contributed by atoms with Gasteiger partial charge in [0.1, 0.15) is 91.6 Å². The Labute approximate surface area is 450 Å². The van der Waals surface area contributed by atoms with Gasteiger partial charge in [-0.15, -0.1) is 0 Å². The lowest BCUT2D eigenvalue weighted by molar-refractivity contribution is -0.382. The highest BCUT2D eigenvalue weighted by molar-refractivity contribution is 5.22. The van der Waals surface area contributed by atoms with Gasteiger partial charge < -0.3 is 114 Å². The van der Waals surface area contributed by atoms with E-state index in [9.17, 15) is 76.6 Å². The van der Waals surface area contributed by atoms with Gasteiger partial charge in [0, 0.05) is 0 Å². The van der Waals surface area contributed by atoms with E-state index in [1.807, 2.05) is 34.6 Å². The summed E-state index contributed by atoms with van der Waals surface area (Å²) in [6.07, 6.45) is -28.4. The summed E-state index contributed by atoms with van der Waals surface area (Å²) in [5, 5.41) is 165. The number of fused-ring (bicyclic) bond motifs is 5. The Bertz CT molecular complexity index is 2010. The number of aliphatic hydroxyl groups is 15. The first-order chi connectivity index (χ1) is 35.9. The SMILES string of the molecule is CC(C)=CCCC(C)(OC1OC(COC2OC(CO)C(O)C(O)C2O)C(O)C(O)C1O)C1CCC2(C)C1C(O)CC1C3(C)CCC(O)C(C)(C)C3C(OC3OC(CO)C(O)C(O)C3OC3OC(C)C(O)C(O)C3O)CC12C. The summed E-state index contributed by atoms with van der Waals surface area (Å²) in [4.78, 5) is 0. The fraction of sp³-hybridized carbons (Fsp3) is 0.963. The van der Waals surface area contributed by atoms with Crippen molar-refractivity contribution in [1.82, 2.24) is 0 Å². The average Bonchev–Trinajstić information content (AvgIpc) is 3.86. The highest BCUT2D eigenvalue weighted by atomic mass is 16.8. The van der Waals surface area contributed by atoms with Gasteiger partial charge in [0.15, 0.2) is 25.2 Å². The minimum atomic E-state index is -1.81. The summed E-state index contributed by atoms with van der Waals surface area (Å²) in [5.41, 5.74) is -2.90. The van der Waals surface area contributed by atoms with Crippen LogP contribution in [-0.4, -0.2) is 243 Å². The maximum absolute atomic E-state index is 12.9. The van der Waals surface area contributed by atoms with Crippen LogP contribution in [0.4, 0.5) is 0 Å². The number of aliphatic hydroxyl groups excluding tert-OH is 15. The highest BCUT2D eigenvalue weighted by Gasteiger charge is 2.74. The monoisotopic (exact) mass is 1110 g/mol. The van der Waals surface area contributed by atoms with E-state index in [4.69, 9.17) is 37.9 Å². The van der Waals surface area contributed by atoms with Crippen molar-refractivity contribution >= 4 is 0 Å². The van der Waals surface area contributed by atoms with E-state index in [-0.39, 0.29) is 5.92 Å². The van der Waals surface area contributed by atoms with E-state index in [0.717, 1.165) is 5.57 Å². The molecule has 4 saturated heterocycles. The molecule has 31 unspecified atom stereocenters. The number of allylic oxidation sites excluding steroid dienone is 2. The van der Waals surface area contributed by atoms with Crippen LogP contribution in [0.15, 0.2) is 11.6 Å². The van der Waals surface area contributed by atoms with Gasteiger partial charge in [-0.25, -0.2) is 0 Å². The van der Waals surface area contributed by atoms with Crippen molar-refractivity contribution in [2.45, 2.75) is 260 Å². The molecule has 4 aliphatic carbocycles. The van der Waals surface area contributed by atoms with Crippen LogP contribution in [0.3, 0.4) is 0 Å². The second-order valence-corrected chi connectivity index (χ2v) is 25.9. The summed E-state index contributed by atoms with van der Waals surface area (Å²) >= 11 is 0. The van der Waals surface area contributed by atoms with Crippen molar-refractivity contribution in [1.29, 1.82) is 0 Å². The third-order valence-electron chi connectivity index (χ3n) is 20.8. The second-order valence-electron chi connectivity index (χ2n) is 25.9. The Morgan fingerprint density at radius 3 is 1.79 bits per heavy atom. The molecule has 4 saturated carbocycles. The Balaban J connectivity index is 1.11. The second kappa shape index (κ2) is 23.1. The maximum Gasteiger partial charge on any atom is 0.187 e. The molecule has 0 spiro atoms. The molecule has 0 radical (unpaired) electrons. The summed E-state index contributed by atoms with van der Waals surface area (Å²) in [7, 11) is 0. The van der Waals surface area contributed by atoms with Crippen molar-refractivity contribution in [2.75, 3.05) is 19.8 Å². The number of rotatable bonds is 15. The number of ether oxygens (including phenoxy) is 8. The van der Waals surface area contributed by atoms with Gasteiger partial charge in [-0.3, -0.25) is 0 Å². The van der Waals surface area contributed by atoms with E-state index in [0.29, 0.717) is 51.4 Å². The fourth-order valence-corrected chi connectivity index (χ4v) is 16.3. The number of hydrogen-bond donors (Lipinski definition) is 15.